The summed E-state index contributed by atoms with van der Waals surface area (Å²) in [6.45, 7) is 4.76. The molecule has 114 valence electrons. The number of rotatable bonds is 5. The first-order valence-corrected chi connectivity index (χ1v) is 8.27. The molecule has 0 amide bonds. The van der Waals surface area contributed by atoms with Crippen LogP contribution in [0.1, 0.15) is 19.4 Å². The summed E-state index contributed by atoms with van der Waals surface area (Å²) >= 11 is 1.72. The van der Waals surface area contributed by atoms with E-state index in [1.807, 2.05) is 31.2 Å². The SMILES string of the molecule is CCOc1ccccc1-c1nc(NN)c2ccsc2c1CC. The molecule has 0 spiro atoms. The van der Waals surface area contributed by atoms with E-state index in [1.165, 1.54) is 10.3 Å². The zero-order chi connectivity index (χ0) is 15.5. The maximum atomic E-state index is 5.77. The number of anilines is 1. The summed E-state index contributed by atoms with van der Waals surface area (Å²) in [4.78, 5) is 4.77. The average Bonchev–Trinajstić information content (AvgIpc) is 3.03. The highest BCUT2D eigenvalue weighted by atomic mass is 32.1. The maximum absolute atomic E-state index is 5.77. The van der Waals surface area contributed by atoms with Crippen molar-refractivity contribution in [2.24, 2.45) is 5.84 Å². The van der Waals surface area contributed by atoms with E-state index in [0.717, 1.165) is 28.8 Å². The van der Waals surface area contributed by atoms with Crippen molar-refractivity contribution in [1.29, 1.82) is 0 Å². The number of ether oxygens (including phenoxy) is 1. The van der Waals surface area contributed by atoms with E-state index in [-0.39, 0.29) is 0 Å². The van der Waals surface area contributed by atoms with Crippen molar-refractivity contribution >= 4 is 27.2 Å². The number of pyridine rings is 1. The number of aryl methyl sites for hydroxylation is 1. The van der Waals surface area contributed by atoms with Gasteiger partial charge in [0.25, 0.3) is 0 Å². The van der Waals surface area contributed by atoms with E-state index in [0.29, 0.717) is 12.4 Å². The fourth-order valence-corrected chi connectivity index (χ4v) is 3.70. The number of aromatic nitrogens is 1. The number of hydrogen-bond acceptors (Lipinski definition) is 5. The smallest absolute Gasteiger partial charge is 0.149 e. The quantitative estimate of drug-likeness (QED) is 0.547. The van der Waals surface area contributed by atoms with Crippen LogP contribution in [0.2, 0.25) is 0 Å². The lowest BCUT2D eigenvalue weighted by atomic mass is 10.0. The molecule has 3 rings (SSSR count). The number of thiophene rings is 1. The maximum Gasteiger partial charge on any atom is 0.149 e. The van der Waals surface area contributed by atoms with Gasteiger partial charge >= 0.3 is 0 Å². The van der Waals surface area contributed by atoms with Crippen LogP contribution in [0.3, 0.4) is 0 Å². The molecule has 0 saturated carbocycles. The second-order valence-corrected chi connectivity index (χ2v) is 5.79. The number of hydrazine groups is 1. The molecule has 0 fully saturated rings. The van der Waals surface area contributed by atoms with Gasteiger partial charge in [0.1, 0.15) is 11.6 Å². The van der Waals surface area contributed by atoms with Crippen molar-refractivity contribution in [2.75, 3.05) is 12.0 Å². The van der Waals surface area contributed by atoms with Crippen LogP contribution in [-0.4, -0.2) is 11.6 Å². The third-order valence-corrected chi connectivity index (χ3v) is 4.61. The molecule has 3 aromatic rings. The van der Waals surface area contributed by atoms with Gasteiger partial charge in [-0.15, -0.1) is 11.3 Å². The zero-order valence-corrected chi connectivity index (χ0v) is 13.5. The monoisotopic (exact) mass is 313 g/mol. The Morgan fingerprint density at radius 2 is 2.05 bits per heavy atom. The molecular formula is C17H19N3OS. The van der Waals surface area contributed by atoms with Crippen LogP contribution in [0.4, 0.5) is 5.82 Å². The summed E-state index contributed by atoms with van der Waals surface area (Å²) in [6, 6.07) is 10.1. The van der Waals surface area contributed by atoms with Gasteiger partial charge < -0.3 is 10.2 Å². The molecular weight excluding hydrogens is 294 g/mol. The van der Waals surface area contributed by atoms with Gasteiger partial charge in [-0.2, -0.15) is 0 Å². The molecule has 2 aromatic heterocycles. The van der Waals surface area contributed by atoms with Gasteiger partial charge in [0.15, 0.2) is 0 Å². The predicted octanol–water partition coefficient (Wildman–Crippen LogP) is 4.21. The minimum Gasteiger partial charge on any atom is -0.493 e. The molecule has 3 N–H and O–H groups in total. The lowest BCUT2D eigenvalue weighted by molar-refractivity contribution is 0.341. The molecule has 0 unspecified atom stereocenters. The molecule has 0 atom stereocenters. The second kappa shape index (κ2) is 6.34. The van der Waals surface area contributed by atoms with Crippen LogP contribution in [0.15, 0.2) is 35.7 Å². The van der Waals surface area contributed by atoms with Crippen LogP contribution < -0.4 is 16.0 Å². The molecule has 4 nitrogen and oxygen atoms in total. The Morgan fingerprint density at radius 1 is 1.23 bits per heavy atom. The van der Waals surface area contributed by atoms with Crippen LogP contribution in [0.5, 0.6) is 5.75 Å². The van der Waals surface area contributed by atoms with Gasteiger partial charge in [0.05, 0.1) is 12.3 Å². The van der Waals surface area contributed by atoms with Gasteiger partial charge in [-0.3, -0.25) is 0 Å². The van der Waals surface area contributed by atoms with Crippen molar-refractivity contribution in [3.05, 3.63) is 41.3 Å². The summed E-state index contributed by atoms with van der Waals surface area (Å²) in [7, 11) is 0. The van der Waals surface area contributed by atoms with Crippen LogP contribution in [-0.2, 0) is 6.42 Å². The summed E-state index contributed by atoms with van der Waals surface area (Å²) in [6.07, 6.45) is 0.907. The number of benzene rings is 1. The number of nitrogens with one attached hydrogen (secondary N) is 1. The second-order valence-electron chi connectivity index (χ2n) is 4.88. The third kappa shape index (κ3) is 2.42. The molecule has 22 heavy (non-hydrogen) atoms. The van der Waals surface area contributed by atoms with Crippen molar-refractivity contribution in [2.45, 2.75) is 20.3 Å². The van der Waals surface area contributed by atoms with Gasteiger partial charge in [-0.1, -0.05) is 19.1 Å². The number of nitrogens with zero attached hydrogens (tertiary/aromatic N) is 1. The van der Waals surface area contributed by atoms with E-state index in [9.17, 15) is 0 Å². The molecule has 0 aliphatic heterocycles. The minimum absolute atomic E-state index is 0.627. The summed E-state index contributed by atoms with van der Waals surface area (Å²) in [5.74, 6) is 7.23. The van der Waals surface area contributed by atoms with Crippen molar-refractivity contribution < 1.29 is 4.74 Å². The summed E-state index contributed by atoms with van der Waals surface area (Å²) in [5.41, 5.74) is 5.90. The van der Waals surface area contributed by atoms with E-state index in [1.54, 1.807) is 11.3 Å². The number of para-hydroxylation sites is 1. The Labute approximate surface area is 133 Å². The lowest BCUT2D eigenvalue weighted by Crippen LogP contribution is -2.10. The molecule has 0 aliphatic rings. The first kappa shape index (κ1) is 14.8. The Bertz CT molecular complexity index is 798. The topological polar surface area (TPSA) is 60.2 Å². The van der Waals surface area contributed by atoms with Crippen molar-refractivity contribution in [1.82, 2.24) is 4.98 Å². The van der Waals surface area contributed by atoms with Crippen LogP contribution in [0.25, 0.3) is 21.3 Å². The highest BCUT2D eigenvalue weighted by molar-refractivity contribution is 7.17. The minimum atomic E-state index is 0.627. The standard InChI is InChI=1S/C17H19N3OS/c1-3-11-15(12-7-5-6-8-14(12)21-4-2)19-17(20-18)13-9-10-22-16(11)13/h5-10H,3-4,18H2,1-2H3,(H,19,20). The molecule has 2 heterocycles. The Morgan fingerprint density at radius 3 is 2.77 bits per heavy atom. The highest BCUT2D eigenvalue weighted by Crippen LogP contribution is 2.39. The highest BCUT2D eigenvalue weighted by Gasteiger charge is 2.17. The van der Waals surface area contributed by atoms with Gasteiger partial charge in [0.2, 0.25) is 0 Å². The summed E-state index contributed by atoms with van der Waals surface area (Å²) in [5, 5.41) is 3.15. The number of hydrogen-bond donors (Lipinski definition) is 2. The van der Waals surface area contributed by atoms with E-state index in [4.69, 9.17) is 15.6 Å². The summed E-state index contributed by atoms with van der Waals surface area (Å²) < 4.78 is 7.00. The molecule has 0 radical (unpaired) electrons. The normalized spacial score (nSPS) is 10.9. The third-order valence-electron chi connectivity index (χ3n) is 3.64. The predicted molar refractivity (Wildman–Crippen MR) is 93.4 cm³/mol. The van der Waals surface area contributed by atoms with Gasteiger partial charge in [0, 0.05) is 15.6 Å². The molecule has 5 heteroatoms. The fourth-order valence-electron chi connectivity index (χ4n) is 2.68. The molecule has 0 aliphatic carbocycles. The van der Waals surface area contributed by atoms with Gasteiger partial charge in [-0.05, 0) is 42.5 Å². The lowest BCUT2D eigenvalue weighted by Gasteiger charge is -2.15. The fraction of sp³-hybridized carbons (Fsp3) is 0.235. The number of nitrogens with two attached hydrogens (primary N) is 1. The van der Waals surface area contributed by atoms with Crippen molar-refractivity contribution in [3.63, 3.8) is 0 Å². The Kier molecular flexibility index (Phi) is 4.27. The molecule has 0 saturated heterocycles. The van der Waals surface area contributed by atoms with E-state index < -0.39 is 0 Å². The Hall–Kier alpha value is -2.11. The number of nitrogen functional groups attached to an aromatic ring is 1. The average molecular weight is 313 g/mol. The largest absolute Gasteiger partial charge is 0.493 e. The van der Waals surface area contributed by atoms with E-state index >= 15 is 0 Å². The van der Waals surface area contributed by atoms with Gasteiger partial charge in [-0.25, -0.2) is 10.8 Å². The molecule has 0 bridgehead atoms. The van der Waals surface area contributed by atoms with Crippen LogP contribution >= 0.6 is 11.3 Å². The Balaban J connectivity index is 2.30. The van der Waals surface area contributed by atoms with E-state index in [2.05, 4.69) is 23.8 Å². The zero-order valence-electron chi connectivity index (χ0n) is 12.7. The first-order valence-electron chi connectivity index (χ1n) is 7.39. The first-order chi connectivity index (χ1) is 10.8. The number of fused-ring (bicyclic) bond motifs is 1. The van der Waals surface area contributed by atoms with Crippen molar-refractivity contribution in [3.8, 4) is 17.0 Å². The van der Waals surface area contributed by atoms with Crippen LogP contribution in [0, 0.1) is 0 Å². The molecule has 1 aromatic carbocycles.